The summed E-state index contributed by atoms with van der Waals surface area (Å²) in [5.74, 6) is 2.20. The van der Waals surface area contributed by atoms with Crippen molar-refractivity contribution in [3.8, 4) is 5.88 Å². The maximum Gasteiger partial charge on any atom is 0.247 e. The van der Waals surface area contributed by atoms with Gasteiger partial charge in [0.2, 0.25) is 17.7 Å². The molecule has 172 valence electrons. The van der Waals surface area contributed by atoms with Gasteiger partial charge in [0.05, 0.1) is 17.6 Å². The lowest BCUT2D eigenvalue weighted by Gasteiger charge is -2.25. The van der Waals surface area contributed by atoms with Gasteiger partial charge < -0.3 is 20.6 Å². The number of rotatable bonds is 6. The van der Waals surface area contributed by atoms with Crippen LogP contribution in [0.4, 0.5) is 23.3 Å². The minimum absolute atomic E-state index is 0.0838. The maximum absolute atomic E-state index is 13.0. The van der Waals surface area contributed by atoms with E-state index in [4.69, 9.17) is 9.97 Å². The van der Waals surface area contributed by atoms with E-state index in [9.17, 15) is 9.90 Å². The fourth-order valence-electron chi connectivity index (χ4n) is 4.43. The number of anilines is 4. The third kappa shape index (κ3) is 4.33. The van der Waals surface area contributed by atoms with Crippen molar-refractivity contribution in [3.63, 3.8) is 0 Å². The van der Waals surface area contributed by atoms with Crippen molar-refractivity contribution in [2.45, 2.75) is 57.9 Å². The Morgan fingerprint density at radius 1 is 1.24 bits per heavy atom. The number of aryl methyl sites for hydroxylation is 1. The number of pyridine rings is 1. The lowest BCUT2D eigenvalue weighted by atomic mass is 10.1. The van der Waals surface area contributed by atoms with E-state index in [0.717, 1.165) is 60.7 Å². The first-order valence-electron chi connectivity index (χ1n) is 11.4. The molecule has 0 spiro atoms. The molecule has 5 rings (SSSR count). The van der Waals surface area contributed by atoms with Crippen LogP contribution in [0.15, 0.2) is 24.4 Å². The molecule has 2 aliphatic rings. The fraction of sp³-hybridized carbons (Fsp3) is 0.435. The standard InChI is InChI=1S/C23H28N8O2/c1-13(2)17-11-19(30-29-17)27-21-15-5-3-6-16(15)26-23(28-21)31-10-4-7-18(31)22(33)25-14-8-9-20(32)24-12-14/h8-9,11-13,18H,3-7,10H2,1-2H3,(H,24,32)(H,25,33)(H2,26,27,28,29,30)/t18-/m0/s1. The number of amides is 1. The summed E-state index contributed by atoms with van der Waals surface area (Å²) in [5, 5.41) is 23.1. The van der Waals surface area contributed by atoms with Gasteiger partial charge in [0, 0.05) is 29.9 Å². The van der Waals surface area contributed by atoms with Crippen LogP contribution in [-0.2, 0) is 17.6 Å². The predicted octanol–water partition coefficient (Wildman–Crippen LogP) is 3.26. The Balaban J connectivity index is 1.40. The van der Waals surface area contributed by atoms with Crippen LogP contribution >= 0.6 is 0 Å². The highest BCUT2D eigenvalue weighted by Gasteiger charge is 2.34. The fourth-order valence-corrected chi connectivity index (χ4v) is 4.43. The minimum atomic E-state index is -0.371. The molecule has 3 aromatic rings. The number of aromatic nitrogens is 5. The van der Waals surface area contributed by atoms with Gasteiger partial charge in [-0.3, -0.25) is 9.89 Å². The Bertz CT molecular complexity index is 1160. The Kier molecular flexibility index (Phi) is 5.57. The number of aromatic hydroxyl groups is 1. The number of fused-ring (bicyclic) bond motifs is 1. The van der Waals surface area contributed by atoms with Gasteiger partial charge in [-0.1, -0.05) is 13.8 Å². The van der Waals surface area contributed by atoms with Crippen LogP contribution in [0.5, 0.6) is 5.88 Å². The molecule has 4 N–H and O–H groups in total. The molecular formula is C23H28N8O2. The van der Waals surface area contributed by atoms with Crippen molar-refractivity contribution in [2.75, 3.05) is 22.1 Å². The zero-order valence-electron chi connectivity index (χ0n) is 18.8. The predicted molar refractivity (Wildman–Crippen MR) is 125 cm³/mol. The number of nitrogens with one attached hydrogen (secondary N) is 3. The third-order valence-electron chi connectivity index (χ3n) is 6.22. The first-order chi connectivity index (χ1) is 16.0. The van der Waals surface area contributed by atoms with E-state index < -0.39 is 0 Å². The second-order valence-corrected chi connectivity index (χ2v) is 8.88. The molecule has 4 heterocycles. The summed E-state index contributed by atoms with van der Waals surface area (Å²) in [5.41, 5.74) is 3.77. The van der Waals surface area contributed by atoms with Crippen molar-refractivity contribution in [1.82, 2.24) is 25.1 Å². The number of aromatic amines is 1. The van der Waals surface area contributed by atoms with E-state index in [-0.39, 0.29) is 17.8 Å². The quantitative estimate of drug-likeness (QED) is 0.452. The number of hydrogen-bond donors (Lipinski definition) is 4. The lowest BCUT2D eigenvalue weighted by molar-refractivity contribution is -0.117. The smallest absolute Gasteiger partial charge is 0.247 e. The van der Waals surface area contributed by atoms with E-state index in [1.54, 1.807) is 6.07 Å². The molecule has 33 heavy (non-hydrogen) atoms. The van der Waals surface area contributed by atoms with Crippen LogP contribution in [0.2, 0.25) is 0 Å². The molecule has 0 unspecified atom stereocenters. The van der Waals surface area contributed by atoms with Crippen molar-refractivity contribution < 1.29 is 9.90 Å². The SMILES string of the molecule is CC(C)c1cc(Nc2nc(N3CCC[C@H]3C(=O)Nc3ccc(O)nc3)nc3c2CCC3)n[nH]1. The Labute approximate surface area is 191 Å². The molecule has 1 fully saturated rings. The normalized spacial score (nSPS) is 17.4. The van der Waals surface area contributed by atoms with Gasteiger partial charge in [0.25, 0.3) is 0 Å². The number of hydrogen-bond acceptors (Lipinski definition) is 8. The number of carbonyl (C=O) groups excluding carboxylic acids is 1. The Morgan fingerprint density at radius 3 is 2.88 bits per heavy atom. The molecule has 10 heteroatoms. The van der Waals surface area contributed by atoms with Crippen LogP contribution < -0.4 is 15.5 Å². The number of H-pyrrole nitrogens is 1. The van der Waals surface area contributed by atoms with E-state index in [1.807, 2.05) is 11.0 Å². The molecule has 0 bridgehead atoms. The van der Waals surface area contributed by atoms with Crippen molar-refractivity contribution in [1.29, 1.82) is 0 Å². The van der Waals surface area contributed by atoms with Gasteiger partial charge in [-0.15, -0.1) is 0 Å². The molecule has 1 amide bonds. The molecule has 0 radical (unpaired) electrons. The monoisotopic (exact) mass is 448 g/mol. The van der Waals surface area contributed by atoms with E-state index in [0.29, 0.717) is 24.1 Å². The Hall–Kier alpha value is -3.69. The van der Waals surface area contributed by atoms with Gasteiger partial charge in [-0.2, -0.15) is 10.1 Å². The summed E-state index contributed by atoms with van der Waals surface area (Å²) >= 11 is 0. The highest BCUT2D eigenvalue weighted by molar-refractivity contribution is 5.97. The van der Waals surface area contributed by atoms with Crippen molar-refractivity contribution in [2.24, 2.45) is 0 Å². The van der Waals surface area contributed by atoms with Gasteiger partial charge in [-0.25, -0.2) is 9.97 Å². The van der Waals surface area contributed by atoms with Crippen LogP contribution in [0.25, 0.3) is 0 Å². The molecular weight excluding hydrogens is 420 g/mol. The molecule has 1 aliphatic carbocycles. The van der Waals surface area contributed by atoms with Crippen molar-refractivity contribution >= 4 is 29.2 Å². The van der Waals surface area contributed by atoms with Crippen LogP contribution in [0.3, 0.4) is 0 Å². The molecule has 1 saturated heterocycles. The number of carbonyl (C=O) groups is 1. The van der Waals surface area contributed by atoms with Gasteiger partial charge in [0.15, 0.2) is 5.82 Å². The molecule has 10 nitrogen and oxygen atoms in total. The second kappa shape index (κ2) is 8.68. The molecule has 0 saturated carbocycles. The molecule has 1 atom stereocenters. The largest absolute Gasteiger partial charge is 0.493 e. The van der Waals surface area contributed by atoms with Crippen LogP contribution in [0.1, 0.15) is 56.0 Å². The maximum atomic E-state index is 13.0. The first kappa shape index (κ1) is 21.2. The topological polar surface area (TPSA) is 132 Å². The summed E-state index contributed by atoms with van der Waals surface area (Å²) in [7, 11) is 0. The third-order valence-corrected chi connectivity index (χ3v) is 6.22. The summed E-state index contributed by atoms with van der Waals surface area (Å²) in [6, 6.07) is 4.71. The van der Waals surface area contributed by atoms with Gasteiger partial charge >= 0.3 is 0 Å². The lowest BCUT2D eigenvalue weighted by Crippen LogP contribution is -2.40. The first-order valence-corrected chi connectivity index (χ1v) is 11.4. The molecule has 0 aromatic carbocycles. The van der Waals surface area contributed by atoms with E-state index in [2.05, 4.69) is 39.7 Å². The van der Waals surface area contributed by atoms with E-state index in [1.165, 1.54) is 12.3 Å². The van der Waals surface area contributed by atoms with Gasteiger partial charge in [0.1, 0.15) is 11.9 Å². The second-order valence-electron chi connectivity index (χ2n) is 8.88. The van der Waals surface area contributed by atoms with E-state index >= 15 is 0 Å². The summed E-state index contributed by atoms with van der Waals surface area (Å²) in [6.45, 7) is 4.94. The highest BCUT2D eigenvalue weighted by Crippen LogP contribution is 2.33. The van der Waals surface area contributed by atoms with Crippen LogP contribution in [-0.4, -0.2) is 48.7 Å². The average molecular weight is 449 g/mol. The minimum Gasteiger partial charge on any atom is -0.493 e. The van der Waals surface area contributed by atoms with Crippen molar-refractivity contribution in [3.05, 3.63) is 41.3 Å². The molecule has 1 aliphatic heterocycles. The summed E-state index contributed by atoms with van der Waals surface area (Å²) < 4.78 is 0. The Morgan fingerprint density at radius 2 is 2.12 bits per heavy atom. The highest BCUT2D eigenvalue weighted by atomic mass is 16.3. The van der Waals surface area contributed by atoms with Gasteiger partial charge in [-0.05, 0) is 44.1 Å². The average Bonchev–Trinajstić information content (AvgIpc) is 3.55. The van der Waals surface area contributed by atoms with Crippen LogP contribution in [0, 0.1) is 0 Å². The summed E-state index contributed by atoms with van der Waals surface area (Å²) in [4.78, 5) is 28.5. The zero-order chi connectivity index (χ0) is 22.9. The number of nitrogens with zero attached hydrogens (tertiary/aromatic N) is 5. The zero-order valence-corrected chi connectivity index (χ0v) is 18.8. The molecule has 3 aromatic heterocycles. The summed E-state index contributed by atoms with van der Waals surface area (Å²) in [6.07, 6.45) is 5.91.